The molecule has 0 fully saturated rings. The lowest BCUT2D eigenvalue weighted by molar-refractivity contribution is -0.384. The predicted molar refractivity (Wildman–Crippen MR) is 134 cm³/mol. The van der Waals surface area contributed by atoms with Crippen LogP contribution in [0, 0.1) is 21.4 Å². The number of nitrogens with zero attached hydrogens (tertiary/aromatic N) is 4. The van der Waals surface area contributed by atoms with Crippen LogP contribution in [-0.4, -0.2) is 23.1 Å². The average Bonchev–Trinajstić information content (AvgIpc) is 2.87. The van der Waals surface area contributed by atoms with E-state index in [2.05, 4.69) is 24.6 Å². The number of anilines is 1. The van der Waals surface area contributed by atoms with Crippen LogP contribution in [0.4, 0.5) is 11.5 Å². The second-order valence-corrected chi connectivity index (χ2v) is 7.83. The first kappa shape index (κ1) is 24.5. The van der Waals surface area contributed by atoms with Crippen LogP contribution in [0.2, 0.25) is 0 Å². The fourth-order valence-electron chi connectivity index (χ4n) is 3.68. The number of aromatic nitrogens is 1. The van der Waals surface area contributed by atoms with Crippen LogP contribution in [-0.2, 0) is 6.54 Å². The van der Waals surface area contributed by atoms with Crippen molar-refractivity contribution < 1.29 is 9.66 Å². The molecule has 0 saturated carbocycles. The fraction of sp³-hybridized carbons (Fsp3) is 0.259. The molecule has 0 aliphatic rings. The standard InChI is InChI=1S/C27H28N4O3/c1-3-5-8-17-30(27-25(31(32)33)15-16-26(29-27)34-18-4-2)20-21-11-13-22(14-12-21)24-10-7-6-9-23(24)19-28/h4,6-7,9-16H,2-3,5,8,17-18,20H2,1H3. The molecule has 0 amide bonds. The molecule has 3 rings (SSSR count). The van der Waals surface area contributed by atoms with Crippen LogP contribution >= 0.6 is 0 Å². The Hall–Kier alpha value is -4.18. The third kappa shape index (κ3) is 6.20. The van der Waals surface area contributed by atoms with Crippen molar-refractivity contribution in [2.75, 3.05) is 18.1 Å². The van der Waals surface area contributed by atoms with Gasteiger partial charge in [-0.15, -0.1) is 0 Å². The van der Waals surface area contributed by atoms with Crippen molar-refractivity contribution in [1.29, 1.82) is 5.26 Å². The molecule has 0 aliphatic heterocycles. The zero-order valence-electron chi connectivity index (χ0n) is 19.3. The lowest BCUT2D eigenvalue weighted by Gasteiger charge is -2.24. The van der Waals surface area contributed by atoms with Gasteiger partial charge in [0, 0.05) is 25.2 Å². The van der Waals surface area contributed by atoms with E-state index in [0.717, 1.165) is 36.0 Å². The van der Waals surface area contributed by atoms with Gasteiger partial charge >= 0.3 is 5.69 Å². The maximum Gasteiger partial charge on any atom is 0.311 e. The second kappa shape index (κ2) is 12.2. The van der Waals surface area contributed by atoms with Crippen molar-refractivity contribution in [3.05, 3.63) is 94.6 Å². The molecule has 174 valence electrons. The summed E-state index contributed by atoms with van der Waals surface area (Å²) in [5, 5.41) is 21.1. The number of nitriles is 1. The number of benzene rings is 2. The van der Waals surface area contributed by atoms with Gasteiger partial charge in [-0.2, -0.15) is 10.2 Å². The summed E-state index contributed by atoms with van der Waals surface area (Å²) in [4.78, 5) is 17.8. The largest absolute Gasteiger partial charge is 0.473 e. The Morgan fingerprint density at radius 1 is 1.15 bits per heavy atom. The number of nitro groups is 1. The Balaban J connectivity index is 1.92. The molecule has 1 heterocycles. The molecule has 2 aromatic carbocycles. The van der Waals surface area contributed by atoms with Crippen molar-refractivity contribution in [1.82, 2.24) is 4.98 Å². The summed E-state index contributed by atoms with van der Waals surface area (Å²) >= 11 is 0. The Labute approximate surface area is 200 Å². The molecule has 0 spiro atoms. The van der Waals surface area contributed by atoms with E-state index in [4.69, 9.17) is 4.74 Å². The van der Waals surface area contributed by atoms with Crippen molar-refractivity contribution in [3.8, 4) is 23.1 Å². The third-order valence-corrected chi connectivity index (χ3v) is 5.39. The molecular formula is C27H28N4O3. The lowest BCUT2D eigenvalue weighted by Crippen LogP contribution is -2.26. The van der Waals surface area contributed by atoms with E-state index in [9.17, 15) is 15.4 Å². The Morgan fingerprint density at radius 3 is 2.59 bits per heavy atom. The van der Waals surface area contributed by atoms with Gasteiger partial charge in [0.25, 0.3) is 0 Å². The minimum Gasteiger partial charge on any atom is -0.473 e. The number of hydrogen-bond acceptors (Lipinski definition) is 6. The van der Waals surface area contributed by atoms with Crippen LogP contribution < -0.4 is 9.64 Å². The molecule has 0 N–H and O–H groups in total. The van der Waals surface area contributed by atoms with E-state index in [0.29, 0.717) is 30.4 Å². The van der Waals surface area contributed by atoms with Gasteiger partial charge in [0.05, 0.1) is 16.6 Å². The van der Waals surface area contributed by atoms with Crippen molar-refractivity contribution in [3.63, 3.8) is 0 Å². The molecule has 1 aromatic heterocycles. The summed E-state index contributed by atoms with van der Waals surface area (Å²) in [6.45, 7) is 7.11. The molecular weight excluding hydrogens is 428 g/mol. The molecule has 0 atom stereocenters. The number of ether oxygens (including phenoxy) is 1. The Kier molecular flexibility index (Phi) is 8.75. The monoisotopic (exact) mass is 456 g/mol. The van der Waals surface area contributed by atoms with Crippen LogP contribution in [0.25, 0.3) is 11.1 Å². The zero-order chi connectivity index (χ0) is 24.3. The summed E-state index contributed by atoms with van der Waals surface area (Å²) in [6, 6.07) is 20.6. The quantitative estimate of drug-likeness (QED) is 0.138. The molecule has 0 bridgehead atoms. The molecule has 0 saturated heterocycles. The summed E-state index contributed by atoms with van der Waals surface area (Å²) < 4.78 is 5.54. The first-order valence-electron chi connectivity index (χ1n) is 11.3. The van der Waals surface area contributed by atoms with Gasteiger partial charge in [0.2, 0.25) is 11.7 Å². The molecule has 7 heteroatoms. The average molecular weight is 457 g/mol. The maximum absolute atomic E-state index is 11.8. The van der Waals surface area contributed by atoms with E-state index in [1.165, 1.54) is 12.1 Å². The summed E-state index contributed by atoms with van der Waals surface area (Å²) in [5.74, 6) is 0.617. The molecule has 34 heavy (non-hydrogen) atoms. The molecule has 0 aliphatic carbocycles. The van der Waals surface area contributed by atoms with Gasteiger partial charge in [-0.3, -0.25) is 10.1 Å². The third-order valence-electron chi connectivity index (χ3n) is 5.39. The smallest absolute Gasteiger partial charge is 0.311 e. The fourth-order valence-corrected chi connectivity index (χ4v) is 3.68. The van der Waals surface area contributed by atoms with Gasteiger partial charge in [-0.25, -0.2) is 0 Å². The van der Waals surface area contributed by atoms with Crippen LogP contribution in [0.15, 0.2) is 73.3 Å². The highest BCUT2D eigenvalue weighted by Gasteiger charge is 2.22. The number of rotatable bonds is 12. The van der Waals surface area contributed by atoms with Gasteiger partial charge in [0.15, 0.2) is 0 Å². The van der Waals surface area contributed by atoms with Crippen molar-refractivity contribution >= 4 is 11.5 Å². The summed E-state index contributed by atoms with van der Waals surface area (Å²) in [6.07, 6.45) is 4.55. The van der Waals surface area contributed by atoms with E-state index in [1.54, 1.807) is 12.1 Å². The lowest BCUT2D eigenvalue weighted by atomic mass is 9.99. The van der Waals surface area contributed by atoms with Crippen molar-refractivity contribution in [2.24, 2.45) is 0 Å². The summed E-state index contributed by atoms with van der Waals surface area (Å²) in [7, 11) is 0. The predicted octanol–water partition coefficient (Wildman–Crippen LogP) is 6.29. The molecule has 7 nitrogen and oxygen atoms in total. The normalized spacial score (nSPS) is 10.4. The molecule has 0 unspecified atom stereocenters. The van der Waals surface area contributed by atoms with E-state index >= 15 is 0 Å². The number of unbranched alkanes of at least 4 members (excludes halogenated alkanes) is 2. The zero-order valence-corrected chi connectivity index (χ0v) is 19.3. The molecule has 3 aromatic rings. The minimum atomic E-state index is -0.408. The highest BCUT2D eigenvalue weighted by molar-refractivity contribution is 5.70. The van der Waals surface area contributed by atoms with Crippen LogP contribution in [0.1, 0.15) is 37.3 Å². The van der Waals surface area contributed by atoms with E-state index in [1.807, 2.05) is 47.4 Å². The Bertz CT molecular complexity index is 1170. The van der Waals surface area contributed by atoms with Gasteiger partial charge < -0.3 is 9.64 Å². The summed E-state index contributed by atoms with van der Waals surface area (Å²) in [5.41, 5.74) is 3.38. The van der Waals surface area contributed by atoms with Crippen molar-refractivity contribution in [2.45, 2.75) is 32.7 Å². The van der Waals surface area contributed by atoms with Crippen LogP contribution in [0.3, 0.4) is 0 Å². The highest BCUT2D eigenvalue weighted by atomic mass is 16.6. The highest BCUT2D eigenvalue weighted by Crippen LogP contribution is 2.31. The van der Waals surface area contributed by atoms with Gasteiger partial charge in [-0.05, 0) is 29.2 Å². The topological polar surface area (TPSA) is 92.3 Å². The van der Waals surface area contributed by atoms with E-state index < -0.39 is 4.92 Å². The number of hydrogen-bond donors (Lipinski definition) is 0. The van der Waals surface area contributed by atoms with Gasteiger partial charge in [-0.1, -0.05) is 74.9 Å². The minimum absolute atomic E-state index is 0.0537. The van der Waals surface area contributed by atoms with E-state index in [-0.39, 0.29) is 12.3 Å². The SMILES string of the molecule is C=CCOc1ccc([N+](=O)[O-])c(N(CCCCC)Cc2ccc(-c3ccccc3C#N)cc2)n1. The second-order valence-electron chi connectivity index (χ2n) is 7.83. The Morgan fingerprint density at radius 2 is 1.91 bits per heavy atom. The maximum atomic E-state index is 11.8. The van der Waals surface area contributed by atoms with Crippen LogP contribution in [0.5, 0.6) is 5.88 Å². The first-order chi connectivity index (χ1) is 16.6. The number of pyridine rings is 1. The van der Waals surface area contributed by atoms with Gasteiger partial charge in [0.1, 0.15) is 6.61 Å². The molecule has 0 radical (unpaired) electrons. The first-order valence-corrected chi connectivity index (χ1v) is 11.3.